The van der Waals surface area contributed by atoms with Gasteiger partial charge in [0.1, 0.15) is 9.84 Å². The van der Waals surface area contributed by atoms with Crippen molar-refractivity contribution in [3.05, 3.63) is 35.4 Å². The van der Waals surface area contributed by atoms with Crippen LogP contribution in [0.4, 0.5) is 0 Å². The maximum absolute atomic E-state index is 14.0. The van der Waals surface area contributed by atoms with E-state index in [4.69, 9.17) is 5.73 Å². The fourth-order valence-corrected chi connectivity index (χ4v) is 11.4. The van der Waals surface area contributed by atoms with Crippen LogP contribution in [0.5, 0.6) is 0 Å². The summed E-state index contributed by atoms with van der Waals surface area (Å²) in [5.74, 6) is 0.755. The van der Waals surface area contributed by atoms with Gasteiger partial charge in [-0.1, -0.05) is 38.1 Å². The van der Waals surface area contributed by atoms with E-state index in [9.17, 15) is 16.8 Å². The highest BCUT2D eigenvalue weighted by Gasteiger charge is 2.65. The maximum atomic E-state index is 14.0. The topological polar surface area (TPSA) is 110 Å². The van der Waals surface area contributed by atoms with Gasteiger partial charge in [0, 0.05) is 43.4 Å². The van der Waals surface area contributed by atoms with Gasteiger partial charge in [-0.3, -0.25) is 0 Å². The van der Waals surface area contributed by atoms with Gasteiger partial charge in [-0.05, 0) is 79.2 Å². The van der Waals surface area contributed by atoms with Gasteiger partial charge in [-0.15, -0.1) is 0 Å². The summed E-state index contributed by atoms with van der Waals surface area (Å²) < 4.78 is 52.8. The summed E-state index contributed by atoms with van der Waals surface area (Å²) in [5.41, 5.74) is 8.86. The minimum absolute atomic E-state index is 0.0734. The highest BCUT2D eigenvalue weighted by atomic mass is 32.2. The molecular weight excluding hydrogens is 506 g/mol. The van der Waals surface area contributed by atoms with Gasteiger partial charge in [0.15, 0.2) is 0 Å². The molecule has 37 heavy (non-hydrogen) atoms. The Morgan fingerprint density at radius 3 is 2.46 bits per heavy atom. The van der Waals surface area contributed by atoms with Gasteiger partial charge in [0.25, 0.3) is 0 Å². The van der Waals surface area contributed by atoms with E-state index in [1.807, 2.05) is 0 Å². The molecule has 2 bridgehead atoms. The Kier molecular flexibility index (Phi) is 7.13. The van der Waals surface area contributed by atoms with Crippen molar-refractivity contribution in [3.8, 4) is 0 Å². The zero-order valence-electron chi connectivity index (χ0n) is 22.7. The van der Waals surface area contributed by atoms with E-state index in [-0.39, 0.29) is 39.8 Å². The number of sulfonamides is 1. The van der Waals surface area contributed by atoms with Gasteiger partial charge in [-0.2, -0.15) is 0 Å². The zero-order valence-corrected chi connectivity index (χ0v) is 24.3. The van der Waals surface area contributed by atoms with Crippen LogP contribution in [0.25, 0.3) is 0 Å². The van der Waals surface area contributed by atoms with Crippen LogP contribution < -0.4 is 11.1 Å². The molecule has 9 heteroatoms. The summed E-state index contributed by atoms with van der Waals surface area (Å²) in [6, 6.07) is 8.52. The Labute approximate surface area is 223 Å². The molecule has 0 amide bonds. The van der Waals surface area contributed by atoms with Gasteiger partial charge in [0.2, 0.25) is 10.0 Å². The molecule has 0 aromatic heterocycles. The molecule has 4 aliphatic rings. The number of hydrogen-bond donors (Lipinski definition) is 2. The molecule has 7 nitrogen and oxygen atoms in total. The first-order valence-corrected chi connectivity index (χ1v) is 17.7. The summed E-state index contributed by atoms with van der Waals surface area (Å²) in [4.78, 5) is 0. The molecule has 1 heterocycles. The average Bonchev–Trinajstić information content (AvgIpc) is 3.37. The lowest BCUT2D eigenvalue weighted by atomic mass is 9.69. The van der Waals surface area contributed by atoms with Crippen molar-refractivity contribution < 1.29 is 16.8 Å². The summed E-state index contributed by atoms with van der Waals surface area (Å²) in [6.07, 6.45) is 8.62. The number of nitrogens with one attached hydrogen (secondary N) is 1. The summed E-state index contributed by atoms with van der Waals surface area (Å²) in [7, 11) is -6.47. The fraction of sp³-hybridized carbons (Fsp3) is 0.786. The molecule has 3 fully saturated rings. The molecule has 4 atom stereocenters. The molecule has 4 unspecified atom stereocenters. The van der Waals surface area contributed by atoms with Crippen LogP contribution in [0.2, 0.25) is 0 Å². The second-order valence-corrected chi connectivity index (χ2v) is 17.3. The Hall–Kier alpha value is -1.00. The molecule has 0 radical (unpaired) electrons. The first-order chi connectivity index (χ1) is 17.3. The number of benzene rings is 1. The quantitative estimate of drug-likeness (QED) is 0.489. The van der Waals surface area contributed by atoms with E-state index >= 15 is 0 Å². The lowest BCUT2D eigenvalue weighted by Gasteiger charge is -2.45. The van der Waals surface area contributed by atoms with Gasteiger partial charge < -0.3 is 11.1 Å². The second-order valence-electron chi connectivity index (χ2n) is 13.1. The number of nitrogens with two attached hydrogens (primary N) is 1. The highest BCUT2D eigenvalue weighted by molar-refractivity contribution is 7.90. The molecule has 1 aliphatic heterocycles. The molecule has 1 aromatic carbocycles. The van der Waals surface area contributed by atoms with Gasteiger partial charge in [0.05, 0.1) is 11.5 Å². The van der Waals surface area contributed by atoms with Crippen molar-refractivity contribution in [2.24, 2.45) is 22.5 Å². The number of rotatable bonds is 9. The third-order valence-electron chi connectivity index (χ3n) is 10.9. The van der Waals surface area contributed by atoms with Crippen LogP contribution in [0.3, 0.4) is 0 Å². The van der Waals surface area contributed by atoms with E-state index in [1.165, 1.54) is 17.4 Å². The van der Waals surface area contributed by atoms with Crippen molar-refractivity contribution >= 4 is 19.9 Å². The summed E-state index contributed by atoms with van der Waals surface area (Å²) >= 11 is 0. The van der Waals surface area contributed by atoms with Crippen molar-refractivity contribution in [1.82, 2.24) is 9.62 Å². The molecular formula is C28H45N3O4S2. The number of aryl methyl sites for hydroxylation is 1. The SMILES string of the molecule is CC1(C)C2CCC1(CS(=O)(=O)N1CCC3(CCc4ccccc43)CC1)C(NCC(N)CCS(C)(=O)=O)C2. The van der Waals surface area contributed by atoms with Crippen LogP contribution in [0.1, 0.15) is 69.9 Å². The molecule has 5 rings (SSSR count). The van der Waals surface area contributed by atoms with Gasteiger partial charge in [-0.25, -0.2) is 21.1 Å². The number of nitrogens with zero attached hydrogens (tertiary/aromatic N) is 1. The minimum atomic E-state index is -3.42. The minimum Gasteiger partial charge on any atom is -0.327 e. The van der Waals surface area contributed by atoms with Gasteiger partial charge >= 0.3 is 0 Å². The fourth-order valence-electron chi connectivity index (χ4n) is 8.36. The van der Waals surface area contributed by atoms with Crippen molar-refractivity contribution in [1.29, 1.82) is 0 Å². The van der Waals surface area contributed by atoms with Crippen LogP contribution in [-0.4, -0.2) is 70.6 Å². The van der Waals surface area contributed by atoms with E-state index < -0.39 is 19.9 Å². The first-order valence-electron chi connectivity index (χ1n) is 14.0. The molecule has 2 saturated carbocycles. The normalized spacial score (nSPS) is 31.6. The maximum Gasteiger partial charge on any atom is 0.214 e. The van der Waals surface area contributed by atoms with Crippen LogP contribution in [0, 0.1) is 16.7 Å². The number of hydrogen-bond acceptors (Lipinski definition) is 6. The molecule has 3 N–H and O–H groups in total. The van der Waals surface area contributed by atoms with Crippen molar-refractivity contribution in [2.75, 3.05) is 37.4 Å². The number of fused-ring (bicyclic) bond motifs is 4. The molecule has 3 aliphatic carbocycles. The van der Waals surface area contributed by atoms with E-state index in [0.717, 1.165) is 44.9 Å². The average molecular weight is 552 g/mol. The highest BCUT2D eigenvalue weighted by Crippen LogP contribution is 2.66. The Bertz CT molecular complexity index is 1220. The Balaban J connectivity index is 1.27. The second kappa shape index (κ2) is 9.58. The Morgan fingerprint density at radius 1 is 1.08 bits per heavy atom. The molecule has 1 saturated heterocycles. The molecule has 208 valence electrons. The zero-order chi connectivity index (χ0) is 26.7. The molecule has 1 aromatic rings. The summed E-state index contributed by atoms with van der Waals surface area (Å²) in [5, 5.41) is 3.62. The third kappa shape index (κ3) is 4.92. The predicted octanol–water partition coefficient (Wildman–Crippen LogP) is 2.84. The lowest BCUT2D eigenvalue weighted by Crippen LogP contribution is -2.55. The predicted molar refractivity (Wildman–Crippen MR) is 149 cm³/mol. The van der Waals surface area contributed by atoms with Crippen molar-refractivity contribution in [3.63, 3.8) is 0 Å². The summed E-state index contributed by atoms with van der Waals surface area (Å²) in [6.45, 7) is 6.23. The smallest absolute Gasteiger partial charge is 0.214 e. The van der Waals surface area contributed by atoms with Crippen LogP contribution in [0.15, 0.2) is 24.3 Å². The van der Waals surface area contributed by atoms with E-state index in [2.05, 4.69) is 43.4 Å². The number of piperidine rings is 1. The lowest BCUT2D eigenvalue weighted by molar-refractivity contribution is 0.120. The largest absolute Gasteiger partial charge is 0.327 e. The number of sulfone groups is 1. The molecule has 1 spiro atoms. The Morgan fingerprint density at radius 2 is 1.78 bits per heavy atom. The van der Waals surface area contributed by atoms with Crippen LogP contribution in [-0.2, 0) is 31.7 Å². The first kappa shape index (κ1) is 27.6. The third-order valence-corrected chi connectivity index (χ3v) is 13.9. The van der Waals surface area contributed by atoms with Crippen molar-refractivity contribution in [2.45, 2.75) is 82.7 Å². The van der Waals surface area contributed by atoms with Crippen LogP contribution >= 0.6 is 0 Å². The standard InChI is InChI=1S/C28H45N3O4S2/c1-26(2)22-9-12-28(26,25(18-22)30-19-23(29)10-17-36(3,32)33)20-37(34,35)31-15-13-27(14-16-31)11-8-21-6-4-5-7-24(21)27/h4-7,22-23,25,30H,8-20,29H2,1-3H3. The monoisotopic (exact) mass is 551 g/mol. The van der Waals surface area contributed by atoms with E-state index in [1.54, 1.807) is 4.31 Å². The van der Waals surface area contributed by atoms with E-state index in [0.29, 0.717) is 32.0 Å².